The average Bonchev–Trinajstić information content (AvgIpc) is 3.17. The van der Waals surface area contributed by atoms with Crippen LogP contribution in [0.15, 0.2) is 21.2 Å². The highest BCUT2D eigenvalue weighted by molar-refractivity contribution is 5.92. The van der Waals surface area contributed by atoms with Crippen molar-refractivity contribution in [1.29, 1.82) is 0 Å². The Bertz CT molecular complexity index is 617. The van der Waals surface area contributed by atoms with Crippen molar-refractivity contribution in [2.45, 2.75) is 39.2 Å². The fourth-order valence-electron chi connectivity index (χ4n) is 2.57. The summed E-state index contributed by atoms with van der Waals surface area (Å²) in [6.07, 6.45) is 2.67. The van der Waals surface area contributed by atoms with Crippen LogP contribution in [0.25, 0.3) is 0 Å². The zero-order valence-corrected chi connectivity index (χ0v) is 11.6. The molecule has 1 saturated heterocycles. The summed E-state index contributed by atoms with van der Waals surface area (Å²) in [5, 5.41) is 7.80. The van der Waals surface area contributed by atoms with Crippen LogP contribution in [0.5, 0.6) is 0 Å². The van der Waals surface area contributed by atoms with Gasteiger partial charge in [0.1, 0.15) is 5.76 Å². The summed E-state index contributed by atoms with van der Waals surface area (Å²) >= 11 is 0. The first kappa shape index (κ1) is 12.9. The highest BCUT2D eigenvalue weighted by Crippen LogP contribution is 2.33. The normalized spacial score (nSPS) is 18.7. The van der Waals surface area contributed by atoms with Gasteiger partial charge in [-0.2, -0.15) is 0 Å². The lowest BCUT2D eigenvalue weighted by molar-refractivity contribution is 0.0704. The maximum absolute atomic E-state index is 12.5. The second-order valence-corrected chi connectivity index (χ2v) is 5.05. The summed E-state index contributed by atoms with van der Waals surface area (Å²) in [4.78, 5) is 14.3. The van der Waals surface area contributed by atoms with Crippen LogP contribution in [0, 0.1) is 6.92 Å². The zero-order chi connectivity index (χ0) is 14.1. The molecule has 20 heavy (non-hydrogen) atoms. The summed E-state index contributed by atoms with van der Waals surface area (Å²) in [5.41, 5.74) is 1.27. The Kier molecular flexibility index (Phi) is 3.30. The number of aromatic nitrogens is 2. The van der Waals surface area contributed by atoms with Gasteiger partial charge in [0.05, 0.1) is 11.7 Å². The van der Waals surface area contributed by atoms with E-state index in [0.29, 0.717) is 18.0 Å². The molecule has 0 unspecified atom stereocenters. The van der Waals surface area contributed by atoms with Gasteiger partial charge in [-0.05, 0) is 26.2 Å². The van der Waals surface area contributed by atoms with Crippen molar-refractivity contribution in [3.63, 3.8) is 0 Å². The molecule has 0 N–H and O–H groups in total. The standard InChI is InChI=1S/C14H17N3O3/c1-3-10-8-13(20-15-10)12-5-4-6-17(12)14(18)11-7-9(2)19-16-11/h7-8,12H,3-6H2,1-2H3/t12-/m1/s1. The molecule has 6 nitrogen and oxygen atoms in total. The molecule has 1 aliphatic rings. The van der Waals surface area contributed by atoms with Crippen molar-refractivity contribution in [2.75, 3.05) is 6.54 Å². The van der Waals surface area contributed by atoms with Crippen molar-refractivity contribution < 1.29 is 13.8 Å². The Morgan fingerprint density at radius 2 is 2.25 bits per heavy atom. The van der Waals surface area contributed by atoms with Crippen LogP contribution in [0.4, 0.5) is 0 Å². The molecule has 0 aliphatic carbocycles. The van der Waals surface area contributed by atoms with Crippen molar-refractivity contribution in [2.24, 2.45) is 0 Å². The molecular formula is C14H17N3O3. The van der Waals surface area contributed by atoms with Crippen molar-refractivity contribution >= 4 is 5.91 Å². The van der Waals surface area contributed by atoms with Gasteiger partial charge in [0.15, 0.2) is 11.5 Å². The highest BCUT2D eigenvalue weighted by atomic mass is 16.5. The predicted octanol–water partition coefficient (Wildman–Crippen LogP) is 2.51. The maximum Gasteiger partial charge on any atom is 0.276 e. The maximum atomic E-state index is 12.5. The first-order chi connectivity index (χ1) is 9.69. The largest absolute Gasteiger partial charge is 0.361 e. The fraction of sp³-hybridized carbons (Fsp3) is 0.500. The summed E-state index contributed by atoms with van der Waals surface area (Å²) in [7, 11) is 0. The molecule has 6 heteroatoms. The second-order valence-electron chi connectivity index (χ2n) is 5.05. The Labute approximate surface area is 116 Å². The van der Waals surface area contributed by atoms with E-state index in [2.05, 4.69) is 10.3 Å². The van der Waals surface area contributed by atoms with Crippen molar-refractivity contribution in [1.82, 2.24) is 15.2 Å². The molecular weight excluding hydrogens is 258 g/mol. The second kappa shape index (κ2) is 5.11. The smallest absolute Gasteiger partial charge is 0.276 e. The van der Waals surface area contributed by atoms with E-state index in [1.54, 1.807) is 17.9 Å². The Hall–Kier alpha value is -2.11. The van der Waals surface area contributed by atoms with E-state index in [-0.39, 0.29) is 11.9 Å². The van der Waals surface area contributed by atoms with E-state index >= 15 is 0 Å². The minimum atomic E-state index is -0.112. The molecule has 1 aliphatic heterocycles. The number of likely N-dealkylation sites (tertiary alicyclic amines) is 1. The van der Waals surface area contributed by atoms with E-state index < -0.39 is 0 Å². The molecule has 0 spiro atoms. The summed E-state index contributed by atoms with van der Waals surface area (Å²) in [6.45, 7) is 4.50. The number of carbonyl (C=O) groups is 1. The van der Waals surface area contributed by atoms with Crippen LogP contribution in [0.3, 0.4) is 0 Å². The fourth-order valence-corrected chi connectivity index (χ4v) is 2.57. The summed E-state index contributed by atoms with van der Waals surface area (Å²) in [5.74, 6) is 1.28. The number of amides is 1. The third kappa shape index (κ3) is 2.21. The third-order valence-electron chi connectivity index (χ3n) is 3.63. The van der Waals surface area contributed by atoms with Crippen molar-refractivity contribution in [3.05, 3.63) is 35.0 Å². The molecule has 3 heterocycles. The van der Waals surface area contributed by atoms with Gasteiger partial charge >= 0.3 is 0 Å². The van der Waals surface area contributed by atoms with Crippen molar-refractivity contribution in [3.8, 4) is 0 Å². The molecule has 0 aromatic carbocycles. The molecule has 1 atom stereocenters. The van der Waals surface area contributed by atoms with E-state index in [4.69, 9.17) is 9.05 Å². The number of rotatable bonds is 3. The topological polar surface area (TPSA) is 72.4 Å². The van der Waals surface area contributed by atoms with Crippen LogP contribution in [-0.4, -0.2) is 27.7 Å². The lowest BCUT2D eigenvalue weighted by Crippen LogP contribution is -2.30. The summed E-state index contributed by atoms with van der Waals surface area (Å²) < 4.78 is 10.3. The van der Waals surface area contributed by atoms with E-state index in [9.17, 15) is 4.79 Å². The van der Waals surface area contributed by atoms with Gasteiger partial charge in [0.25, 0.3) is 5.91 Å². The van der Waals surface area contributed by atoms with Crippen LogP contribution in [-0.2, 0) is 6.42 Å². The molecule has 3 rings (SSSR count). The molecule has 1 fully saturated rings. The minimum Gasteiger partial charge on any atom is -0.361 e. The SMILES string of the molecule is CCc1cc([C@H]2CCCN2C(=O)c2cc(C)on2)on1. The Balaban J connectivity index is 1.83. The lowest BCUT2D eigenvalue weighted by atomic mass is 10.1. The first-order valence-electron chi connectivity index (χ1n) is 6.89. The molecule has 2 aromatic heterocycles. The van der Waals surface area contributed by atoms with E-state index in [0.717, 1.165) is 30.7 Å². The minimum absolute atomic E-state index is 0.0488. The molecule has 0 radical (unpaired) electrons. The number of aryl methyl sites for hydroxylation is 2. The van der Waals surface area contributed by atoms with Gasteiger partial charge < -0.3 is 13.9 Å². The van der Waals surface area contributed by atoms with Crippen LogP contribution in [0.2, 0.25) is 0 Å². The van der Waals surface area contributed by atoms with Crippen LogP contribution in [0.1, 0.15) is 53.5 Å². The average molecular weight is 275 g/mol. The monoisotopic (exact) mass is 275 g/mol. The third-order valence-corrected chi connectivity index (χ3v) is 3.63. The van der Waals surface area contributed by atoms with Gasteiger partial charge in [-0.3, -0.25) is 4.79 Å². The molecule has 0 bridgehead atoms. The molecule has 2 aromatic rings. The highest BCUT2D eigenvalue weighted by Gasteiger charge is 2.34. The number of nitrogens with zero attached hydrogens (tertiary/aromatic N) is 3. The van der Waals surface area contributed by atoms with Gasteiger partial charge in [-0.25, -0.2) is 0 Å². The van der Waals surface area contributed by atoms with Gasteiger partial charge in [0, 0.05) is 18.7 Å². The van der Waals surface area contributed by atoms with Gasteiger partial charge in [-0.15, -0.1) is 0 Å². The molecule has 1 amide bonds. The van der Waals surface area contributed by atoms with Gasteiger partial charge in [-0.1, -0.05) is 17.2 Å². The molecule has 106 valence electrons. The number of carbonyl (C=O) groups excluding carboxylic acids is 1. The Morgan fingerprint density at radius 1 is 1.40 bits per heavy atom. The van der Waals surface area contributed by atoms with E-state index in [1.807, 2.05) is 13.0 Å². The van der Waals surface area contributed by atoms with Crippen LogP contribution >= 0.6 is 0 Å². The molecule has 0 saturated carbocycles. The quantitative estimate of drug-likeness (QED) is 0.860. The lowest BCUT2D eigenvalue weighted by Gasteiger charge is -2.21. The summed E-state index contributed by atoms with van der Waals surface area (Å²) in [6, 6.07) is 3.55. The van der Waals surface area contributed by atoms with Crippen LogP contribution < -0.4 is 0 Å². The van der Waals surface area contributed by atoms with E-state index in [1.165, 1.54) is 0 Å². The Morgan fingerprint density at radius 3 is 2.90 bits per heavy atom. The van der Waals surface area contributed by atoms with Gasteiger partial charge in [0.2, 0.25) is 0 Å². The first-order valence-corrected chi connectivity index (χ1v) is 6.89. The zero-order valence-electron chi connectivity index (χ0n) is 11.6. The predicted molar refractivity (Wildman–Crippen MR) is 70.1 cm³/mol. The number of hydrogen-bond donors (Lipinski definition) is 0. The number of hydrogen-bond acceptors (Lipinski definition) is 5.